The number of sulfone groups is 1. The van der Waals surface area contributed by atoms with Gasteiger partial charge in [0.25, 0.3) is 5.69 Å². The van der Waals surface area contributed by atoms with Crippen LogP contribution in [0.5, 0.6) is 0 Å². The molecule has 7 nitrogen and oxygen atoms in total. The number of aromatic nitrogens is 1. The summed E-state index contributed by atoms with van der Waals surface area (Å²) in [5.41, 5.74) is 6.49. The Kier molecular flexibility index (Phi) is 4.39. The molecule has 3 rings (SSSR count). The molecule has 0 unspecified atom stereocenters. The molecule has 3 aromatic rings. The third-order valence-corrected chi connectivity index (χ3v) is 6.14. The highest BCUT2D eigenvalue weighted by Gasteiger charge is 2.31. The zero-order valence-corrected chi connectivity index (χ0v) is 15.9. The second-order valence-electron chi connectivity index (χ2n) is 7.25. The van der Waals surface area contributed by atoms with Crippen molar-refractivity contribution in [1.82, 2.24) is 4.98 Å². The van der Waals surface area contributed by atoms with Crippen molar-refractivity contribution in [1.29, 1.82) is 0 Å². The van der Waals surface area contributed by atoms with Crippen LogP contribution in [0.4, 0.5) is 11.4 Å². The van der Waals surface area contributed by atoms with Crippen LogP contribution in [0.2, 0.25) is 0 Å². The number of hydrogen-bond donors (Lipinski definition) is 1. The van der Waals surface area contributed by atoms with Crippen molar-refractivity contribution >= 4 is 32.1 Å². The Labute approximate surface area is 156 Å². The minimum absolute atomic E-state index is 0.0266. The number of nitro groups is 1. The van der Waals surface area contributed by atoms with E-state index in [0.717, 1.165) is 11.6 Å². The number of rotatable bonds is 3. The second kappa shape index (κ2) is 6.31. The van der Waals surface area contributed by atoms with Crippen molar-refractivity contribution in [3.8, 4) is 0 Å². The standard InChI is InChI=1S/C19H19N3O4S/c1-19(2,3)12-6-8-13(9-7-12)27(25,26)16-11-15(20)17-14(5-4-10-21-17)18(16)22(23)24/h4-11H,20H2,1-3H3. The average Bonchev–Trinajstić information content (AvgIpc) is 2.60. The van der Waals surface area contributed by atoms with E-state index < -0.39 is 25.3 Å². The van der Waals surface area contributed by atoms with Gasteiger partial charge in [0, 0.05) is 6.20 Å². The van der Waals surface area contributed by atoms with E-state index in [0.29, 0.717) is 0 Å². The molecule has 0 spiro atoms. The third-order valence-electron chi connectivity index (χ3n) is 4.36. The summed E-state index contributed by atoms with van der Waals surface area (Å²) in [6.45, 7) is 6.04. The topological polar surface area (TPSA) is 116 Å². The lowest BCUT2D eigenvalue weighted by Gasteiger charge is -2.19. The highest BCUT2D eigenvalue weighted by molar-refractivity contribution is 7.91. The van der Waals surface area contributed by atoms with Gasteiger partial charge in [-0.25, -0.2) is 8.42 Å². The number of benzene rings is 2. The predicted octanol–water partition coefficient (Wildman–Crippen LogP) is 3.86. The lowest BCUT2D eigenvalue weighted by molar-refractivity contribution is -0.386. The molecule has 2 aromatic carbocycles. The van der Waals surface area contributed by atoms with Crippen LogP contribution in [-0.4, -0.2) is 18.3 Å². The van der Waals surface area contributed by atoms with Crippen molar-refractivity contribution < 1.29 is 13.3 Å². The monoisotopic (exact) mass is 385 g/mol. The van der Waals surface area contributed by atoms with Crippen LogP contribution in [0.1, 0.15) is 26.3 Å². The molecule has 0 fully saturated rings. The predicted molar refractivity (Wildman–Crippen MR) is 103 cm³/mol. The highest BCUT2D eigenvalue weighted by atomic mass is 32.2. The van der Waals surface area contributed by atoms with Gasteiger partial charge >= 0.3 is 0 Å². The Hall–Kier alpha value is -3.00. The molecule has 0 amide bonds. The van der Waals surface area contributed by atoms with E-state index in [9.17, 15) is 18.5 Å². The number of pyridine rings is 1. The molecule has 1 heterocycles. The molecule has 0 bridgehead atoms. The van der Waals surface area contributed by atoms with Gasteiger partial charge in [-0.3, -0.25) is 15.1 Å². The van der Waals surface area contributed by atoms with Crippen molar-refractivity contribution in [3.05, 3.63) is 64.3 Å². The Morgan fingerprint density at radius 2 is 1.74 bits per heavy atom. The van der Waals surface area contributed by atoms with Gasteiger partial charge in [-0.05, 0) is 41.3 Å². The molecule has 0 radical (unpaired) electrons. The fourth-order valence-corrected chi connectivity index (χ4v) is 4.36. The maximum absolute atomic E-state index is 13.1. The van der Waals surface area contributed by atoms with Gasteiger partial charge in [-0.2, -0.15) is 0 Å². The van der Waals surface area contributed by atoms with Gasteiger partial charge in [-0.15, -0.1) is 0 Å². The molecule has 140 valence electrons. The molecule has 0 aliphatic rings. The Morgan fingerprint density at radius 1 is 1.11 bits per heavy atom. The summed E-state index contributed by atoms with van der Waals surface area (Å²) < 4.78 is 26.3. The van der Waals surface area contributed by atoms with E-state index in [4.69, 9.17) is 5.73 Å². The van der Waals surface area contributed by atoms with Gasteiger partial charge in [0.2, 0.25) is 9.84 Å². The summed E-state index contributed by atoms with van der Waals surface area (Å²) in [7, 11) is -4.14. The van der Waals surface area contributed by atoms with Crippen molar-refractivity contribution in [2.24, 2.45) is 0 Å². The Bertz CT molecular complexity index is 1150. The summed E-state index contributed by atoms with van der Waals surface area (Å²) in [5, 5.41) is 11.8. The number of nitrogens with zero attached hydrogens (tertiary/aromatic N) is 2. The molecule has 0 saturated heterocycles. The van der Waals surface area contributed by atoms with E-state index in [-0.39, 0.29) is 26.9 Å². The Morgan fingerprint density at radius 3 is 2.30 bits per heavy atom. The molecule has 1 aromatic heterocycles. The number of hydrogen-bond acceptors (Lipinski definition) is 6. The van der Waals surface area contributed by atoms with Crippen LogP contribution in [0.15, 0.2) is 58.5 Å². The minimum Gasteiger partial charge on any atom is -0.397 e. The molecule has 2 N–H and O–H groups in total. The molecule has 0 aliphatic heterocycles. The van der Waals surface area contributed by atoms with Gasteiger partial charge in [0.15, 0.2) is 4.90 Å². The highest BCUT2D eigenvalue weighted by Crippen LogP contribution is 2.38. The first kappa shape index (κ1) is 18.8. The number of fused-ring (bicyclic) bond motifs is 1. The molecule has 0 saturated carbocycles. The van der Waals surface area contributed by atoms with Crippen LogP contribution in [0, 0.1) is 10.1 Å². The molecule has 8 heteroatoms. The van der Waals surface area contributed by atoms with Crippen LogP contribution >= 0.6 is 0 Å². The summed E-state index contributed by atoms with van der Waals surface area (Å²) >= 11 is 0. The zero-order chi connectivity index (χ0) is 20.0. The van der Waals surface area contributed by atoms with E-state index in [1.165, 1.54) is 30.5 Å². The van der Waals surface area contributed by atoms with Gasteiger partial charge in [-0.1, -0.05) is 32.9 Å². The van der Waals surface area contributed by atoms with E-state index in [1.54, 1.807) is 12.1 Å². The molecule has 27 heavy (non-hydrogen) atoms. The first-order chi connectivity index (χ1) is 12.5. The van der Waals surface area contributed by atoms with Crippen LogP contribution < -0.4 is 5.73 Å². The number of anilines is 1. The third kappa shape index (κ3) is 3.23. The SMILES string of the molecule is CC(C)(C)c1ccc(S(=O)(=O)c2cc(N)c3ncccc3c2[N+](=O)[O-])cc1. The minimum atomic E-state index is -4.14. The maximum atomic E-state index is 13.1. The maximum Gasteiger partial charge on any atom is 0.297 e. The van der Waals surface area contributed by atoms with E-state index >= 15 is 0 Å². The number of nitro benzene ring substituents is 1. The molecular formula is C19H19N3O4S. The molecular weight excluding hydrogens is 366 g/mol. The first-order valence-corrected chi connectivity index (χ1v) is 9.69. The smallest absolute Gasteiger partial charge is 0.297 e. The summed E-state index contributed by atoms with van der Waals surface area (Å²) in [4.78, 5) is 14.5. The lowest BCUT2D eigenvalue weighted by atomic mass is 9.87. The van der Waals surface area contributed by atoms with Crippen molar-refractivity contribution in [2.45, 2.75) is 36.0 Å². The number of nitrogen functional groups attached to an aromatic ring is 1. The lowest BCUT2D eigenvalue weighted by Crippen LogP contribution is -2.12. The largest absolute Gasteiger partial charge is 0.397 e. The van der Waals surface area contributed by atoms with E-state index in [2.05, 4.69) is 4.98 Å². The van der Waals surface area contributed by atoms with Gasteiger partial charge in [0.05, 0.1) is 20.9 Å². The van der Waals surface area contributed by atoms with Crippen LogP contribution in [0.25, 0.3) is 10.9 Å². The van der Waals surface area contributed by atoms with Gasteiger partial charge in [0.1, 0.15) is 5.52 Å². The van der Waals surface area contributed by atoms with Crippen molar-refractivity contribution in [2.75, 3.05) is 5.73 Å². The van der Waals surface area contributed by atoms with E-state index in [1.807, 2.05) is 20.8 Å². The number of nitrogens with two attached hydrogens (primary N) is 1. The fraction of sp³-hybridized carbons (Fsp3) is 0.211. The molecule has 0 atom stereocenters. The fourth-order valence-electron chi connectivity index (χ4n) is 2.89. The Balaban J connectivity index is 2.27. The summed E-state index contributed by atoms with van der Waals surface area (Å²) in [6, 6.07) is 10.4. The second-order valence-corrected chi connectivity index (χ2v) is 9.17. The summed E-state index contributed by atoms with van der Waals surface area (Å²) in [6.07, 6.45) is 1.45. The van der Waals surface area contributed by atoms with Crippen LogP contribution in [0.3, 0.4) is 0 Å². The zero-order valence-electron chi connectivity index (χ0n) is 15.1. The normalized spacial score (nSPS) is 12.3. The summed E-state index contributed by atoms with van der Waals surface area (Å²) in [5.74, 6) is 0. The van der Waals surface area contributed by atoms with Crippen molar-refractivity contribution in [3.63, 3.8) is 0 Å². The average molecular weight is 385 g/mol. The van der Waals surface area contributed by atoms with Gasteiger partial charge < -0.3 is 5.73 Å². The quantitative estimate of drug-likeness (QED) is 0.416. The first-order valence-electron chi connectivity index (χ1n) is 8.20. The molecule has 0 aliphatic carbocycles. The van der Waals surface area contributed by atoms with Crippen LogP contribution in [-0.2, 0) is 15.3 Å².